The quantitative estimate of drug-likeness (QED) is 0.224. The van der Waals surface area contributed by atoms with Crippen LogP contribution in [0.15, 0.2) is 30.5 Å². The predicted octanol–water partition coefficient (Wildman–Crippen LogP) is 4.86. The summed E-state index contributed by atoms with van der Waals surface area (Å²) in [6.45, 7) is 5.16. The average molecular weight is 590 g/mol. The summed E-state index contributed by atoms with van der Waals surface area (Å²) in [5.74, 6) is 0.725. The second-order valence-electron chi connectivity index (χ2n) is 9.66. The van der Waals surface area contributed by atoms with E-state index in [1.807, 2.05) is 20.8 Å². The molecule has 5 N–H and O–H groups in total. The highest BCUT2D eigenvalue weighted by Gasteiger charge is 2.45. The molecule has 16 heteroatoms. The smallest absolute Gasteiger partial charge is 0.404 e. The highest BCUT2D eigenvalue weighted by Crippen LogP contribution is 2.36. The van der Waals surface area contributed by atoms with Gasteiger partial charge in [0.05, 0.1) is 22.8 Å². The summed E-state index contributed by atoms with van der Waals surface area (Å²) in [5.41, 5.74) is 0.527. The number of alkyl halides is 3. The molecule has 1 unspecified atom stereocenters. The molecule has 2 heterocycles. The van der Waals surface area contributed by atoms with Gasteiger partial charge in [-0.3, -0.25) is 4.72 Å². The Balaban J connectivity index is 2.06. The first-order valence-corrected chi connectivity index (χ1v) is 13.3. The number of benzene rings is 1. The maximum atomic E-state index is 13.6. The monoisotopic (exact) mass is 589 g/mol. The summed E-state index contributed by atoms with van der Waals surface area (Å²) >= 11 is 6.19. The predicted molar refractivity (Wildman–Crippen MR) is 141 cm³/mol. The SMILES string of the molecule is CC(CNc1nccc(-c2[nH]c(C(C)(C)C)nc2-c2cc(Cl)cc(NS(=O)(=O)C(F)(F)CF)c2)n1)NC(=O)O. The fourth-order valence-corrected chi connectivity index (χ4v) is 4.26. The van der Waals surface area contributed by atoms with Gasteiger partial charge in [0.25, 0.3) is 0 Å². The number of hydrogen-bond donors (Lipinski definition) is 5. The number of nitrogens with one attached hydrogen (secondary N) is 4. The van der Waals surface area contributed by atoms with E-state index < -0.39 is 39.5 Å². The lowest BCUT2D eigenvalue weighted by Gasteiger charge is -2.16. The molecule has 1 aromatic carbocycles. The minimum absolute atomic E-state index is 0.00462. The van der Waals surface area contributed by atoms with Gasteiger partial charge < -0.3 is 20.7 Å². The molecule has 3 rings (SSSR count). The van der Waals surface area contributed by atoms with Crippen molar-refractivity contribution < 1.29 is 31.5 Å². The summed E-state index contributed by atoms with van der Waals surface area (Å²) in [7, 11) is -5.40. The van der Waals surface area contributed by atoms with E-state index in [0.29, 0.717) is 17.2 Å². The lowest BCUT2D eigenvalue weighted by atomic mass is 9.96. The molecule has 0 aliphatic heterocycles. The third kappa shape index (κ3) is 7.29. The molecule has 2 aromatic heterocycles. The van der Waals surface area contributed by atoms with Gasteiger partial charge >= 0.3 is 21.4 Å². The van der Waals surface area contributed by atoms with Crippen LogP contribution in [-0.2, 0) is 15.4 Å². The number of aromatic nitrogens is 4. The van der Waals surface area contributed by atoms with Crippen molar-refractivity contribution in [1.82, 2.24) is 25.3 Å². The fraction of sp³-hybridized carbons (Fsp3) is 0.391. The number of imidazole rings is 1. The van der Waals surface area contributed by atoms with Crippen LogP contribution >= 0.6 is 11.6 Å². The zero-order valence-corrected chi connectivity index (χ0v) is 22.9. The van der Waals surface area contributed by atoms with E-state index in [9.17, 15) is 26.4 Å². The van der Waals surface area contributed by atoms with Crippen LogP contribution in [0.1, 0.15) is 33.5 Å². The minimum atomic E-state index is -5.40. The number of rotatable bonds is 10. The number of carbonyl (C=O) groups is 1. The van der Waals surface area contributed by atoms with Gasteiger partial charge in [-0.25, -0.2) is 32.6 Å². The van der Waals surface area contributed by atoms with Crippen LogP contribution in [0.4, 0.5) is 29.6 Å². The molecule has 0 aliphatic rings. The Morgan fingerprint density at radius 1 is 1.21 bits per heavy atom. The van der Waals surface area contributed by atoms with Crippen LogP contribution in [0.25, 0.3) is 22.6 Å². The number of aromatic amines is 1. The Morgan fingerprint density at radius 3 is 2.51 bits per heavy atom. The Kier molecular flexibility index (Phi) is 8.65. The van der Waals surface area contributed by atoms with Crippen molar-refractivity contribution in [2.24, 2.45) is 0 Å². The van der Waals surface area contributed by atoms with E-state index in [2.05, 4.69) is 30.6 Å². The van der Waals surface area contributed by atoms with Gasteiger partial charge in [-0.15, -0.1) is 0 Å². The van der Waals surface area contributed by atoms with Crippen molar-refractivity contribution in [3.8, 4) is 22.6 Å². The standard InChI is InChI=1S/C23H27ClF3N7O4S/c1-12(30-21(35)36)10-29-20-28-6-5-16(31-20)18-17(32-19(33-18)22(2,3)4)13-7-14(24)9-15(8-13)34-39(37,38)23(26,27)11-25/h5-9,12,30,34H,10-11H2,1-4H3,(H,32,33)(H,35,36)(H,28,29,31). The molecule has 0 fully saturated rings. The highest BCUT2D eigenvalue weighted by atomic mass is 35.5. The van der Waals surface area contributed by atoms with Crippen molar-refractivity contribution in [3.63, 3.8) is 0 Å². The van der Waals surface area contributed by atoms with Crippen molar-refractivity contribution in [3.05, 3.63) is 41.3 Å². The van der Waals surface area contributed by atoms with Crippen LogP contribution in [0.5, 0.6) is 0 Å². The van der Waals surface area contributed by atoms with Crippen molar-refractivity contribution in [2.45, 2.75) is 44.4 Å². The molecular formula is C23H27ClF3N7O4S. The van der Waals surface area contributed by atoms with Crippen molar-refractivity contribution in [2.75, 3.05) is 23.3 Å². The van der Waals surface area contributed by atoms with Gasteiger partial charge in [-0.2, -0.15) is 8.78 Å². The molecule has 39 heavy (non-hydrogen) atoms. The van der Waals surface area contributed by atoms with E-state index in [1.54, 1.807) is 17.7 Å². The number of anilines is 2. The first-order valence-electron chi connectivity index (χ1n) is 11.5. The minimum Gasteiger partial charge on any atom is -0.465 e. The van der Waals surface area contributed by atoms with E-state index in [0.717, 1.165) is 6.07 Å². The molecule has 0 radical (unpaired) electrons. The Morgan fingerprint density at radius 2 is 1.90 bits per heavy atom. The Labute approximate surface area is 227 Å². The molecule has 0 spiro atoms. The number of sulfonamides is 1. The van der Waals surface area contributed by atoms with E-state index in [4.69, 9.17) is 16.7 Å². The Bertz CT molecular complexity index is 1460. The van der Waals surface area contributed by atoms with Crippen LogP contribution in [0.2, 0.25) is 5.02 Å². The normalized spacial score (nSPS) is 13.1. The lowest BCUT2D eigenvalue weighted by Crippen LogP contribution is -2.36. The molecule has 0 saturated heterocycles. The largest absolute Gasteiger partial charge is 0.465 e. The average Bonchev–Trinajstić information content (AvgIpc) is 3.28. The summed E-state index contributed by atoms with van der Waals surface area (Å²) < 4.78 is 65.7. The zero-order chi connectivity index (χ0) is 29.2. The molecule has 3 aromatic rings. The van der Waals surface area contributed by atoms with Gasteiger partial charge in [0.15, 0.2) is 6.67 Å². The van der Waals surface area contributed by atoms with Crippen molar-refractivity contribution >= 4 is 39.4 Å². The van der Waals surface area contributed by atoms with Gasteiger partial charge in [0.2, 0.25) is 5.95 Å². The fourth-order valence-electron chi connectivity index (χ4n) is 3.30. The summed E-state index contributed by atoms with van der Waals surface area (Å²) in [5, 5.41) is 9.45. The van der Waals surface area contributed by atoms with Crippen LogP contribution in [0.3, 0.4) is 0 Å². The molecular weight excluding hydrogens is 563 g/mol. The van der Waals surface area contributed by atoms with Crippen LogP contribution < -0.4 is 15.4 Å². The van der Waals surface area contributed by atoms with Crippen molar-refractivity contribution in [1.29, 1.82) is 0 Å². The van der Waals surface area contributed by atoms with E-state index >= 15 is 0 Å². The number of H-pyrrole nitrogens is 1. The topological polar surface area (TPSA) is 162 Å². The maximum Gasteiger partial charge on any atom is 0.404 e. The highest BCUT2D eigenvalue weighted by molar-refractivity contribution is 7.93. The third-order valence-corrected chi connectivity index (χ3v) is 6.85. The Hall–Kier alpha value is -3.59. The van der Waals surface area contributed by atoms with Gasteiger partial charge in [0.1, 0.15) is 5.82 Å². The molecule has 1 atom stereocenters. The lowest BCUT2D eigenvalue weighted by molar-refractivity contribution is 0.0628. The second kappa shape index (κ2) is 11.3. The maximum absolute atomic E-state index is 13.6. The molecule has 11 nitrogen and oxygen atoms in total. The van der Waals surface area contributed by atoms with E-state index in [-0.39, 0.29) is 34.5 Å². The number of halogens is 4. The van der Waals surface area contributed by atoms with Gasteiger partial charge in [0, 0.05) is 34.8 Å². The summed E-state index contributed by atoms with van der Waals surface area (Å²) in [6, 6.07) is 4.95. The number of hydrogen-bond acceptors (Lipinski definition) is 7. The molecule has 212 valence electrons. The molecule has 0 bridgehead atoms. The van der Waals surface area contributed by atoms with Crippen LogP contribution in [-0.4, -0.2) is 64.1 Å². The molecule has 0 aliphatic carbocycles. The number of nitrogens with zero attached hydrogens (tertiary/aromatic N) is 3. The first kappa shape index (κ1) is 30.0. The van der Waals surface area contributed by atoms with Gasteiger partial charge in [-0.1, -0.05) is 32.4 Å². The van der Waals surface area contributed by atoms with Crippen LogP contribution in [0, 0.1) is 0 Å². The molecule has 1 amide bonds. The second-order valence-corrected chi connectivity index (χ2v) is 11.9. The number of amides is 1. The zero-order valence-electron chi connectivity index (χ0n) is 21.3. The summed E-state index contributed by atoms with van der Waals surface area (Å²) in [6.07, 6.45) is 0.296. The number of carboxylic acid groups (broad SMARTS) is 1. The third-order valence-electron chi connectivity index (χ3n) is 5.23. The first-order chi connectivity index (χ1) is 18.0. The van der Waals surface area contributed by atoms with Gasteiger partial charge in [-0.05, 0) is 31.2 Å². The van der Waals surface area contributed by atoms with E-state index in [1.165, 1.54) is 18.3 Å². The summed E-state index contributed by atoms with van der Waals surface area (Å²) in [4.78, 5) is 27.3. The molecule has 0 saturated carbocycles.